The molecule has 0 saturated heterocycles. The van der Waals surface area contributed by atoms with E-state index in [0.717, 1.165) is 11.1 Å². The van der Waals surface area contributed by atoms with Crippen molar-refractivity contribution >= 4 is 21.9 Å². The lowest BCUT2D eigenvalue weighted by atomic mass is 9.93. The van der Waals surface area contributed by atoms with Gasteiger partial charge in [-0.3, -0.25) is 0 Å². The monoisotopic (exact) mass is 355 g/mol. The van der Waals surface area contributed by atoms with E-state index in [2.05, 4.69) is 10.0 Å². The molecule has 0 fully saturated rings. The van der Waals surface area contributed by atoms with Crippen molar-refractivity contribution in [3.8, 4) is 0 Å². The maximum atomic E-state index is 12.3. The van der Waals surface area contributed by atoms with E-state index in [1.54, 1.807) is 13.8 Å². The Kier molecular flexibility index (Phi) is 7.23. The van der Waals surface area contributed by atoms with Gasteiger partial charge in [-0.15, -0.1) is 0 Å². The topological polar surface area (TPSA) is 78.5 Å². The first-order chi connectivity index (χ1) is 11.1. The van der Waals surface area contributed by atoms with Crippen molar-refractivity contribution < 1.29 is 13.2 Å². The van der Waals surface area contributed by atoms with E-state index in [9.17, 15) is 13.2 Å². The first kappa shape index (κ1) is 20.4. The molecule has 0 spiro atoms. The van der Waals surface area contributed by atoms with Crippen LogP contribution in [0.3, 0.4) is 0 Å². The lowest BCUT2D eigenvalue weighted by Gasteiger charge is -2.22. The van der Waals surface area contributed by atoms with Gasteiger partial charge in [0, 0.05) is 18.8 Å². The lowest BCUT2D eigenvalue weighted by Crippen LogP contribution is -2.45. The second-order valence-electron chi connectivity index (χ2n) is 6.27. The summed E-state index contributed by atoms with van der Waals surface area (Å²) >= 11 is 0. The molecule has 136 valence electrons. The number of nitrogens with zero attached hydrogens (tertiary/aromatic N) is 1. The molecule has 6 nitrogen and oxygen atoms in total. The summed E-state index contributed by atoms with van der Waals surface area (Å²) < 4.78 is 27.7. The predicted octanol–water partition coefficient (Wildman–Crippen LogP) is 3.64. The van der Waals surface area contributed by atoms with Crippen LogP contribution in [-0.4, -0.2) is 31.8 Å². The number of carbonyl (C=O) groups excluding carboxylic acids is 1. The van der Waals surface area contributed by atoms with Crippen LogP contribution in [0.25, 0.3) is 0 Å². The van der Waals surface area contributed by atoms with Crippen LogP contribution >= 0.6 is 0 Å². The van der Waals surface area contributed by atoms with Crippen molar-refractivity contribution in [2.75, 3.05) is 18.4 Å². The molecule has 24 heavy (non-hydrogen) atoms. The van der Waals surface area contributed by atoms with Gasteiger partial charge in [-0.25, -0.2) is 9.52 Å². The first-order valence-corrected chi connectivity index (χ1v) is 9.79. The van der Waals surface area contributed by atoms with Crippen LogP contribution in [0.2, 0.25) is 0 Å². The number of anilines is 1. The Morgan fingerprint density at radius 2 is 1.50 bits per heavy atom. The van der Waals surface area contributed by atoms with E-state index < -0.39 is 16.2 Å². The molecule has 0 unspecified atom stereocenters. The first-order valence-electron chi connectivity index (χ1n) is 8.35. The van der Waals surface area contributed by atoms with Gasteiger partial charge in [-0.1, -0.05) is 59.7 Å². The SMILES string of the molecule is CCN(CC)S(=O)(=O)NC(=O)Nc1c(C(C)C)cccc1C(C)C. The van der Waals surface area contributed by atoms with Crippen molar-refractivity contribution in [3.05, 3.63) is 29.3 Å². The van der Waals surface area contributed by atoms with Crippen molar-refractivity contribution in [2.24, 2.45) is 0 Å². The maximum absolute atomic E-state index is 12.3. The van der Waals surface area contributed by atoms with Gasteiger partial charge >= 0.3 is 16.2 Å². The smallest absolute Gasteiger partial charge is 0.307 e. The summed E-state index contributed by atoms with van der Waals surface area (Å²) in [5, 5.41) is 2.75. The second kappa shape index (κ2) is 8.48. The van der Waals surface area contributed by atoms with Gasteiger partial charge in [0.1, 0.15) is 0 Å². The highest BCUT2D eigenvalue weighted by molar-refractivity contribution is 7.87. The van der Waals surface area contributed by atoms with Crippen LogP contribution in [0, 0.1) is 0 Å². The van der Waals surface area contributed by atoms with Crippen molar-refractivity contribution in [3.63, 3.8) is 0 Å². The highest BCUT2D eigenvalue weighted by atomic mass is 32.2. The summed E-state index contributed by atoms with van der Waals surface area (Å²) in [5.74, 6) is 0.414. The molecule has 0 heterocycles. The van der Waals surface area contributed by atoms with Crippen LogP contribution in [0.5, 0.6) is 0 Å². The zero-order valence-electron chi connectivity index (χ0n) is 15.4. The molecule has 2 N–H and O–H groups in total. The van der Waals surface area contributed by atoms with Crippen LogP contribution in [0.15, 0.2) is 18.2 Å². The Labute approximate surface area is 145 Å². The molecule has 0 aliphatic heterocycles. The molecule has 0 saturated carbocycles. The normalized spacial score (nSPS) is 12.0. The van der Waals surface area contributed by atoms with E-state index in [-0.39, 0.29) is 11.8 Å². The number of hydrogen-bond donors (Lipinski definition) is 2. The molecule has 0 radical (unpaired) electrons. The number of amides is 2. The summed E-state index contributed by atoms with van der Waals surface area (Å²) in [6, 6.07) is 5.12. The average molecular weight is 356 g/mol. The minimum absolute atomic E-state index is 0.207. The fraction of sp³-hybridized carbons (Fsp3) is 0.588. The molecular formula is C17H29N3O3S. The number of carbonyl (C=O) groups is 1. The van der Waals surface area contributed by atoms with Crippen LogP contribution in [0.1, 0.15) is 64.5 Å². The Morgan fingerprint density at radius 3 is 1.88 bits per heavy atom. The van der Waals surface area contributed by atoms with Gasteiger partial charge in [0.05, 0.1) is 0 Å². The molecule has 0 bridgehead atoms. The standard InChI is InChI=1S/C17H29N3O3S/c1-7-20(8-2)24(22,23)19-17(21)18-16-14(12(3)4)10-9-11-15(16)13(5)6/h9-13H,7-8H2,1-6H3,(H2,18,19,21). The van der Waals surface area contributed by atoms with Gasteiger partial charge < -0.3 is 5.32 Å². The van der Waals surface area contributed by atoms with Gasteiger partial charge in [0.25, 0.3) is 0 Å². The quantitative estimate of drug-likeness (QED) is 0.784. The van der Waals surface area contributed by atoms with Gasteiger partial charge in [0.15, 0.2) is 0 Å². The van der Waals surface area contributed by atoms with E-state index in [1.807, 2.05) is 45.9 Å². The maximum Gasteiger partial charge on any atom is 0.333 e. The number of para-hydroxylation sites is 1. The number of rotatable bonds is 7. The number of hydrogen-bond acceptors (Lipinski definition) is 3. The Balaban J connectivity index is 3.10. The Bertz CT molecular complexity index is 639. The third-order valence-corrected chi connectivity index (χ3v) is 5.52. The molecule has 0 aromatic heterocycles. The van der Waals surface area contributed by atoms with Crippen molar-refractivity contribution in [1.29, 1.82) is 0 Å². The lowest BCUT2D eigenvalue weighted by molar-refractivity contribution is 0.255. The zero-order chi connectivity index (χ0) is 18.5. The van der Waals surface area contributed by atoms with Crippen molar-refractivity contribution in [2.45, 2.75) is 53.4 Å². The van der Waals surface area contributed by atoms with Gasteiger partial charge in [0.2, 0.25) is 0 Å². The van der Waals surface area contributed by atoms with E-state index in [4.69, 9.17) is 0 Å². The molecule has 1 aromatic rings. The third kappa shape index (κ3) is 4.95. The average Bonchev–Trinajstić information content (AvgIpc) is 2.46. The number of urea groups is 1. The highest BCUT2D eigenvalue weighted by Crippen LogP contribution is 2.32. The van der Waals surface area contributed by atoms with Crippen LogP contribution < -0.4 is 10.0 Å². The van der Waals surface area contributed by atoms with Crippen LogP contribution in [-0.2, 0) is 10.2 Å². The molecule has 0 aliphatic carbocycles. The Hall–Kier alpha value is -1.60. The zero-order valence-corrected chi connectivity index (χ0v) is 16.2. The Morgan fingerprint density at radius 1 is 1.04 bits per heavy atom. The third-order valence-electron chi connectivity index (χ3n) is 3.88. The summed E-state index contributed by atoms with van der Waals surface area (Å²) in [7, 11) is -3.84. The fourth-order valence-electron chi connectivity index (χ4n) is 2.58. The predicted molar refractivity (Wildman–Crippen MR) is 98.6 cm³/mol. The molecule has 2 amide bonds. The second-order valence-corrected chi connectivity index (χ2v) is 7.94. The summed E-state index contributed by atoms with van der Waals surface area (Å²) in [5.41, 5.74) is 2.66. The largest absolute Gasteiger partial charge is 0.333 e. The molecule has 1 rings (SSSR count). The van der Waals surface area contributed by atoms with Crippen molar-refractivity contribution in [1.82, 2.24) is 9.03 Å². The molecular weight excluding hydrogens is 326 g/mol. The molecule has 1 aromatic carbocycles. The number of nitrogens with one attached hydrogen (secondary N) is 2. The van der Waals surface area contributed by atoms with Gasteiger partial charge in [-0.05, 0) is 23.0 Å². The fourth-order valence-corrected chi connectivity index (χ4v) is 3.67. The summed E-state index contributed by atoms with van der Waals surface area (Å²) in [6.45, 7) is 12.2. The molecule has 0 aliphatic rings. The number of benzene rings is 1. The molecule has 0 atom stereocenters. The summed E-state index contributed by atoms with van der Waals surface area (Å²) in [6.07, 6.45) is 0. The van der Waals surface area contributed by atoms with Gasteiger partial charge in [-0.2, -0.15) is 12.7 Å². The molecule has 7 heteroatoms. The minimum Gasteiger partial charge on any atom is -0.307 e. The highest BCUT2D eigenvalue weighted by Gasteiger charge is 2.23. The van der Waals surface area contributed by atoms with Crippen LogP contribution in [0.4, 0.5) is 10.5 Å². The van der Waals surface area contributed by atoms with E-state index >= 15 is 0 Å². The van der Waals surface area contributed by atoms with E-state index in [1.165, 1.54) is 4.31 Å². The van der Waals surface area contributed by atoms with E-state index in [0.29, 0.717) is 18.8 Å². The minimum atomic E-state index is -3.84. The summed E-state index contributed by atoms with van der Waals surface area (Å²) in [4.78, 5) is 12.3.